The van der Waals surface area contributed by atoms with E-state index in [1.54, 1.807) is 11.1 Å². The molecule has 2 amide bonds. The number of rotatable bonds is 3. The molecule has 130 valence electrons. The number of nitrogens with zero attached hydrogens (tertiary/aromatic N) is 4. The molecule has 0 radical (unpaired) electrons. The molecule has 3 heterocycles. The summed E-state index contributed by atoms with van der Waals surface area (Å²) in [7, 11) is 0. The third kappa shape index (κ3) is 3.16. The molecule has 0 spiro atoms. The smallest absolute Gasteiger partial charge is 0.228 e. The van der Waals surface area contributed by atoms with E-state index in [1.165, 1.54) is 0 Å². The number of benzene rings is 1. The maximum absolute atomic E-state index is 13.0. The van der Waals surface area contributed by atoms with Crippen molar-refractivity contribution in [2.45, 2.75) is 25.3 Å². The van der Waals surface area contributed by atoms with Crippen LogP contribution >= 0.6 is 0 Å². The minimum atomic E-state index is -0.241. The van der Waals surface area contributed by atoms with Gasteiger partial charge in [0.25, 0.3) is 0 Å². The molecule has 0 N–H and O–H groups in total. The lowest BCUT2D eigenvalue weighted by Crippen LogP contribution is -2.44. The molecule has 0 unspecified atom stereocenters. The zero-order valence-electron chi connectivity index (χ0n) is 14.1. The van der Waals surface area contributed by atoms with Crippen molar-refractivity contribution in [3.05, 3.63) is 49.1 Å². The zero-order valence-corrected chi connectivity index (χ0v) is 14.1. The van der Waals surface area contributed by atoms with Crippen molar-refractivity contribution in [1.29, 1.82) is 0 Å². The number of carbonyl (C=O) groups is 2. The Labute approximate surface area is 147 Å². The number of anilines is 1. The normalized spacial score (nSPS) is 23.9. The van der Waals surface area contributed by atoms with Gasteiger partial charge in [0.2, 0.25) is 11.8 Å². The number of hydrogen-bond donors (Lipinski definition) is 0. The molecule has 6 nitrogen and oxygen atoms in total. The first kappa shape index (κ1) is 15.9. The largest absolute Gasteiger partial charge is 0.340 e. The van der Waals surface area contributed by atoms with Gasteiger partial charge in [-0.25, -0.2) is 4.98 Å². The van der Waals surface area contributed by atoms with Crippen molar-refractivity contribution in [1.82, 2.24) is 14.5 Å². The van der Waals surface area contributed by atoms with Gasteiger partial charge in [-0.05, 0) is 25.0 Å². The fourth-order valence-corrected chi connectivity index (χ4v) is 3.87. The summed E-state index contributed by atoms with van der Waals surface area (Å²) in [6, 6.07) is 9.87. The highest BCUT2D eigenvalue weighted by molar-refractivity contribution is 6.00. The number of imidazole rings is 1. The van der Waals surface area contributed by atoms with Crippen molar-refractivity contribution in [2.24, 2.45) is 5.92 Å². The van der Waals surface area contributed by atoms with Gasteiger partial charge in [0.05, 0.1) is 18.3 Å². The van der Waals surface area contributed by atoms with Crippen LogP contribution in [0.4, 0.5) is 5.69 Å². The summed E-state index contributed by atoms with van der Waals surface area (Å²) < 4.78 is 2.08. The summed E-state index contributed by atoms with van der Waals surface area (Å²) in [5.41, 5.74) is 0.873. The number of amides is 2. The molecule has 2 aliphatic heterocycles. The fourth-order valence-electron chi connectivity index (χ4n) is 3.87. The van der Waals surface area contributed by atoms with Gasteiger partial charge in [-0.15, -0.1) is 0 Å². The van der Waals surface area contributed by atoms with Crippen LogP contribution in [0.1, 0.15) is 25.3 Å². The lowest BCUT2D eigenvalue weighted by molar-refractivity contribution is -0.137. The standard InChI is InChI=1S/C19H22N4O2/c24-18-11-15(12-23(18)16-5-2-1-3-6-16)19(25)21-9-4-7-17(13-21)22-10-8-20-14-22/h1-3,5-6,8,10,14-15,17H,4,7,9,11-13H2/t15-,17-/m1/s1. The highest BCUT2D eigenvalue weighted by Crippen LogP contribution is 2.28. The van der Waals surface area contributed by atoms with Crippen molar-refractivity contribution in [3.63, 3.8) is 0 Å². The Balaban J connectivity index is 1.43. The molecule has 2 atom stereocenters. The SMILES string of the molecule is O=C([C@@H]1CC(=O)N(c2ccccc2)C1)N1CCC[C@@H](n2ccnc2)C1. The Hall–Kier alpha value is -2.63. The van der Waals surface area contributed by atoms with Gasteiger partial charge in [-0.3, -0.25) is 9.59 Å². The van der Waals surface area contributed by atoms with E-state index in [2.05, 4.69) is 9.55 Å². The fraction of sp³-hybridized carbons (Fsp3) is 0.421. The first-order chi connectivity index (χ1) is 12.2. The monoisotopic (exact) mass is 338 g/mol. The Kier molecular flexibility index (Phi) is 4.26. The molecule has 25 heavy (non-hydrogen) atoms. The Morgan fingerprint density at radius 2 is 2.00 bits per heavy atom. The predicted molar refractivity (Wildman–Crippen MR) is 94.0 cm³/mol. The summed E-state index contributed by atoms with van der Waals surface area (Å²) in [5.74, 6) is -0.0986. The maximum Gasteiger partial charge on any atom is 0.228 e. The third-order valence-electron chi connectivity index (χ3n) is 5.20. The molecule has 0 bridgehead atoms. The number of aromatic nitrogens is 2. The van der Waals surface area contributed by atoms with Gasteiger partial charge in [0.15, 0.2) is 0 Å². The average Bonchev–Trinajstić information content (AvgIpc) is 3.32. The van der Waals surface area contributed by atoms with Gasteiger partial charge >= 0.3 is 0 Å². The number of likely N-dealkylation sites (tertiary alicyclic amines) is 1. The van der Waals surface area contributed by atoms with E-state index in [0.717, 1.165) is 25.1 Å². The number of carbonyl (C=O) groups excluding carboxylic acids is 2. The van der Waals surface area contributed by atoms with Crippen LogP contribution in [0.15, 0.2) is 49.1 Å². The molecule has 4 rings (SSSR count). The summed E-state index contributed by atoms with van der Waals surface area (Å²) in [5, 5.41) is 0. The Morgan fingerprint density at radius 1 is 1.16 bits per heavy atom. The van der Waals surface area contributed by atoms with Crippen LogP contribution in [0, 0.1) is 5.92 Å². The van der Waals surface area contributed by atoms with E-state index in [-0.39, 0.29) is 23.8 Å². The second-order valence-electron chi connectivity index (χ2n) is 6.83. The Bertz CT molecular complexity index is 744. The van der Waals surface area contributed by atoms with Crippen LogP contribution in [-0.4, -0.2) is 45.9 Å². The maximum atomic E-state index is 13.0. The zero-order chi connectivity index (χ0) is 17.2. The summed E-state index contributed by atoms with van der Waals surface area (Å²) in [6.45, 7) is 1.96. The second kappa shape index (κ2) is 6.70. The van der Waals surface area contributed by atoms with Gasteiger partial charge in [-0.2, -0.15) is 0 Å². The van der Waals surface area contributed by atoms with Crippen molar-refractivity contribution in [3.8, 4) is 0 Å². The van der Waals surface area contributed by atoms with Gasteiger partial charge in [0.1, 0.15) is 0 Å². The molecule has 2 saturated heterocycles. The van der Waals surface area contributed by atoms with Gasteiger partial charge in [-0.1, -0.05) is 18.2 Å². The molecule has 0 saturated carbocycles. The Morgan fingerprint density at radius 3 is 2.76 bits per heavy atom. The van der Waals surface area contributed by atoms with Crippen LogP contribution in [-0.2, 0) is 9.59 Å². The molecule has 2 fully saturated rings. The lowest BCUT2D eigenvalue weighted by Gasteiger charge is -2.34. The van der Waals surface area contributed by atoms with E-state index in [0.29, 0.717) is 19.5 Å². The molecule has 6 heteroatoms. The molecule has 0 aliphatic carbocycles. The van der Waals surface area contributed by atoms with E-state index in [1.807, 2.05) is 47.8 Å². The predicted octanol–water partition coefficient (Wildman–Crippen LogP) is 2.10. The molecule has 1 aromatic carbocycles. The summed E-state index contributed by atoms with van der Waals surface area (Å²) in [6.07, 6.45) is 7.88. The second-order valence-corrected chi connectivity index (χ2v) is 6.83. The van der Waals surface area contributed by atoms with Gasteiger partial charge in [0, 0.05) is 44.1 Å². The molecular formula is C19H22N4O2. The topological polar surface area (TPSA) is 58.4 Å². The molecular weight excluding hydrogens is 316 g/mol. The van der Waals surface area contributed by atoms with E-state index in [9.17, 15) is 9.59 Å². The van der Waals surface area contributed by atoms with Crippen LogP contribution < -0.4 is 4.90 Å². The summed E-state index contributed by atoms with van der Waals surface area (Å²) >= 11 is 0. The van der Waals surface area contributed by atoms with Crippen molar-refractivity contribution in [2.75, 3.05) is 24.5 Å². The van der Waals surface area contributed by atoms with Crippen LogP contribution in [0.5, 0.6) is 0 Å². The first-order valence-corrected chi connectivity index (χ1v) is 8.84. The number of hydrogen-bond acceptors (Lipinski definition) is 3. The summed E-state index contributed by atoms with van der Waals surface area (Å²) in [4.78, 5) is 33.1. The van der Waals surface area contributed by atoms with E-state index in [4.69, 9.17) is 0 Å². The van der Waals surface area contributed by atoms with Crippen LogP contribution in [0.2, 0.25) is 0 Å². The number of para-hydroxylation sites is 1. The molecule has 1 aromatic heterocycles. The minimum absolute atomic E-state index is 0.0349. The third-order valence-corrected chi connectivity index (χ3v) is 5.20. The highest BCUT2D eigenvalue weighted by Gasteiger charge is 2.38. The number of piperidine rings is 1. The van der Waals surface area contributed by atoms with E-state index < -0.39 is 0 Å². The highest BCUT2D eigenvalue weighted by atomic mass is 16.2. The van der Waals surface area contributed by atoms with Crippen LogP contribution in [0.25, 0.3) is 0 Å². The molecule has 2 aliphatic rings. The minimum Gasteiger partial charge on any atom is -0.340 e. The lowest BCUT2D eigenvalue weighted by atomic mass is 10.0. The van der Waals surface area contributed by atoms with Gasteiger partial charge < -0.3 is 14.4 Å². The van der Waals surface area contributed by atoms with Crippen molar-refractivity contribution >= 4 is 17.5 Å². The average molecular weight is 338 g/mol. The van der Waals surface area contributed by atoms with E-state index >= 15 is 0 Å². The van der Waals surface area contributed by atoms with Crippen LogP contribution in [0.3, 0.4) is 0 Å². The molecule has 2 aromatic rings. The first-order valence-electron chi connectivity index (χ1n) is 8.84. The quantitative estimate of drug-likeness (QED) is 0.861. The van der Waals surface area contributed by atoms with Crippen molar-refractivity contribution < 1.29 is 9.59 Å².